The summed E-state index contributed by atoms with van der Waals surface area (Å²) in [6.07, 6.45) is 9.86. The molecule has 0 radical (unpaired) electrons. The molecule has 0 amide bonds. The van der Waals surface area contributed by atoms with Gasteiger partial charge in [-0.3, -0.25) is 4.68 Å². The molecule has 4 aromatic heterocycles. The van der Waals surface area contributed by atoms with Gasteiger partial charge in [0.05, 0.1) is 30.4 Å². The van der Waals surface area contributed by atoms with E-state index in [2.05, 4.69) is 45.8 Å². The number of rotatable bonds is 11. The number of anilines is 1. The van der Waals surface area contributed by atoms with E-state index in [1.54, 1.807) is 18.8 Å². The minimum Gasteiger partial charge on any atom is -0.361 e. The number of hydrogen-bond donors (Lipinski definition) is 0. The van der Waals surface area contributed by atoms with Crippen LogP contribution in [0.25, 0.3) is 22.3 Å². The highest BCUT2D eigenvalue weighted by atomic mass is 32.2. The molecule has 0 aromatic carbocycles. The van der Waals surface area contributed by atoms with E-state index in [0.717, 1.165) is 59.2 Å². The molecule has 216 valence electrons. The van der Waals surface area contributed by atoms with Crippen molar-refractivity contribution in [2.75, 3.05) is 30.9 Å². The summed E-state index contributed by atoms with van der Waals surface area (Å²) in [4.78, 5) is 15.1. The zero-order valence-electron chi connectivity index (χ0n) is 23.7. The first-order valence-electron chi connectivity index (χ1n) is 13.6. The summed E-state index contributed by atoms with van der Waals surface area (Å²) >= 11 is 1.14. The summed E-state index contributed by atoms with van der Waals surface area (Å²) in [6, 6.07) is 6.05. The van der Waals surface area contributed by atoms with E-state index in [4.69, 9.17) is 4.74 Å². The molecule has 1 saturated heterocycles. The van der Waals surface area contributed by atoms with Gasteiger partial charge in [-0.2, -0.15) is 10.4 Å². The molecule has 41 heavy (non-hydrogen) atoms. The van der Waals surface area contributed by atoms with Crippen LogP contribution in [0.2, 0.25) is 25.7 Å². The molecule has 5 rings (SSSR count). The van der Waals surface area contributed by atoms with Gasteiger partial charge in [-0.15, -0.1) is 11.8 Å². The summed E-state index contributed by atoms with van der Waals surface area (Å²) in [6.45, 7) is 9.18. The van der Waals surface area contributed by atoms with Gasteiger partial charge in [-0.05, 0) is 24.8 Å². The Morgan fingerprint density at radius 2 is 2.07 bits per heavy atom. The van der Waals surface area contributed by atoms with Crippen molar-refractivity contribution in [1.29, 1.82) is 5.26 Å². The average molecular weight is 597 g/mol. The van der Waals surface area contributed by atoms with Crippen LogP contribution in [0.15, 0.2) is 42.1 Å². The van der Waals surface area contributed by atoms with Gasteiger partial charge in [0, 0.05) is 63.1 Å². The van der Waals surface area contributed by atoms with Crippen molar-refractivity contribution in [3.63, 3.8) is 0 Å². The van der Waals surface area contributed by atoms with Crippen molar-refractivity contribution in [3.8, 4) is 17.3 Å². The van der Waals surface area contributed by atoms with Gasteiger partial charge >= 0.3 is 0 Å². The molecular weight excluding hydrogens is 563 g/mol. The van der Waals surface area contributed by atoms with Crippen LogP contribution in [0.4, 0.5) is 14.6 Å². The van der Waals surface area contributed by atoms with Crippen molar-refractivity contribution in [2.24, 2.45) is 5.92 Å². The second-order valence-corrected chi connectivity index (χ2v) is 17.9. The third kappa shape index (κ3) is 6.44. The lowest BCUT2D eigenvalue weighted by Gasteiger charge is -2.23. The second-order valence-electron chi connectivity index (χ2n) is 11.5. The summed E-state index contributed by atoms with van der Waals surface area (Å²) in [5.74, 6) is -1.16. The summed E-state index contributed by atoms with van der Waals surface area (Å²) in [5.41, 5.74) is 2.37. The minimum atomic E-state index is -1.17. The average Bonchev–Trinajstić information content (AvgIpc) is 3.70. The maximum atomic E-state index is 14.6. The fraction of sp³-hybridized carbons (Fsp3) is 0.464. The molecule has 0 aliphatic carbocycles. The van der Waals surface area contributed by atoms with Crippen LogP contribution < -0.4 is 4.90 Å². The molecule has 1 aliphatic rings. The Bertz CT molecular complexity index is 1560. The van der Waals surface area contributed by atoms with Crippen molar-refractivity contribution in [1.82, 2.24) is 29.3 Å². The zero-order valence-corrected chi connectivity index (χ0v) is 25.5. The van der Waals surface area contributed by atoms with Crippen LogP contribution in [0, 0.1) is 28.9 Å². The highest BCUT2D eigenvalue weighted by Crippen LogP contribution is 2.35. The van der Waals surface area contributed by atoms with Gasteiger partial charge < -0.3 is 14.2 Å². The molecule has 9 nitrogen and oxygen atoms in total. The smallest absolute Gasteiger partial charge is 0.168 e. The normalized spacial score (nSPS) is 16.4. The number of aromatic nitrogens is 6. The van der Waals surface area contributed by atoms with Crippen LogP contribution in [0.1, 0.15) is 18.9 Å². The van der Waals surface area contributed by atoms with Gasteiger partial charge in [-0.1, -0.05) is 19.6 Å². The predicted octanol–water partition coefficient (Wildman–Crippen LogP) is 5.98. The lowest BCUT2D eigenvalue weighted by atomic mass is 9.96. The van der Waals surface area contributed by atoms with E-state index in [0.29, 0.717) is 19.8 Å². The van der Waals surface area contributed by atoms with Crippen LogP contribution in [0.5, 0.6) is 0 Å². The number of thioether (sulfide) groups is 1. The molecule has 13 heteroatoms. The largest absolute Gasteiger partial charge is 0.361 e. The zero-order chi connectivity index (χ0) is 29.1. The molecule has 0 bridgehead atoms. The second kappa shape index (κ2) is 12.3. The number of nitrogens with zero attached hydrogens (tertiary/aromatic N) is 8. The van der Waals surface area contributed by atoms with E-state index in [9.17, 15) is 14.0 Å². The summed E-state index contributed by atoms with van der Waals surface area (Å²) in [7, 11) is -1.17. The van der Waals surface area contributed by atoms with Crippen molar-refractivity contribution >= 4 is 36.7 Å². The first-order chi connectivity index (χ1) is 19.7. The van der Waals surface area contributed by atoms with Crippen LogP contribution >= 0.6 is 11.8 Å². The highest BCUT2D eigenvalue weighted by molar-refractivity contribution is 7.98. The number of pyridine rings is 1. The van der Waals surface area contributed by atoms with E-state index < -0.39 is 19.7 Å². The third-order valence-corrected chi connectivity index (χ3v) is 9.82. The number of ether oxygens (including phenoxy) is 1. The molecule has 4 aromatic rings. The van der Waals surface area contributed by atoms with Crippen LogP contribution in [-0.2, 0) is 11.5 Å². The first kappa shape index (κ1) is 29.2. The maximum Gasteiger partial charge on any atom is 0.168 e. The Morgan fingerprint density at radius 3 is 2.83 bits per heavy atom. The lowest BCUT2D eigenvalue weighted by molar-refractivity contribution is 0.0899. The quantitative estimate of drug-likeness (QED) is 0.118. The molecule has 0 saturated carbocycles. The Hall–Kier alpha value is -3.34. The van der Waals surface area contributed by atoms with Crippen molar-refractivity contribution in [3.05, 3.63) is 48.7 Å². The number of nitriles is 1. The molecule has 0 unspecified atom stereocenters. The fourth-order valence-corrected chi connectivity index (χ4v) is 6.38. The molecule has 5 heterocycles. The molecule has 2 atom stereocenters. The van der Waals surface area contributed by atoms with Gasteiger partial charge in [0.2, 0.25) is 0 Å². The monoisotopic (exact) mass is 596 g/mol. The standard InChI is InChI=1S/C28H34F2N8OSSi/c1-40-28-23(30)13-22(29)27(35-28)36-9-6-19(15-36)24(5-8-31)38-16-20(14-34-38)25-21-7-10-37(26(21)33-17-32-25)18-39-11-12-41(2,3)4/h7,10,13-14,16-17,19,24H,5-6,9,11-12,15,18H2,1-4H3/t19-,24-/m0/s1. The van der Waals surface area contributed by atoms with Gasteiger partial charge in [0.25, 0.3) is 0 Å². The third-order valence-electron chi connectivity index (χ3n) is 7.44. The van der Waals surface area contributed by atoms with Gasteiger partial charge in [-0.25, -0.2) is 23.7 Å². The van der Waals surface area contributed by atoms with Crippen molar-refractivity contribution in [2.45, 2.75) is 56.3 Å². The van der Waals surface area contributed by atoms with E-state index in [1.165, 1.54) is 0 Å². The summed E-state index contributed by atoms with van der Waals surface area (Å²) < 4.78 is 38.3. The molecule has 0 N–H and O–H groups in total. The van der Waals surface area contributed by atoms with E-state index in [-0.39, 0.29) is 29.2 Å². The van der Waals surface area contributed by atoms with E-state index in [1.807, 2.05) is 32.6 Å². The van der Waals surface area contributed by atoms with Gasteiger partial charge in [0.1, 0.15) is 23.7 Å². The SMILES string of the molecule is CSc1nc(N2CC[C@H]([C@H](CC#N)n3cc(-c4ncnc5c4ccn5COCC[Si](C)(C)C)cn3)C2)c(F)cc1F. The number of fused-ring (bicyclic) bond motifs is 1. The van der Waals surface area contributed by atoms with Gasteiger partial charge in [0.15, 0.2) is 17.5 Å². The molecule has 1 fully saturated rings. The number of halogens is 2. The Kier molecular flexibility index (Phi) is 8.72. The summed E-state index contributed by atoms with van der Waals surface area (Å²) in [5, 5.41) is 15.3. The fourth-order valence-electron chi connectivity index (χ4n) is 5.19. The first-order valence-corrected chi connectivity index (χ1v) is 18.6. The predicted molar refractivity (Wildman–Crippen MR) is 158 cm³/mol. The lowest BCUT2D eigenvalue weighted by Crippen LogP contribution is -2.26. The Balaban J connectivity index is 1.34. The number of hydrogen-bond acceptors (Lipinski definition) is 8. The maximum absolute atomic E-state index is 14.6. The van der Waals surface area contributed by atoms with Crippen LogP contribution in [-0.4, -0.2) is 63.3 Å². The topological polar surface area (TPSA) is 97.7 Å². The van der Waals surface area contributed by atoms with E-state index >= 15 is 0 Å². The van der Waals surface area contributed by atoms with Crippen LogP contribution in [0.3, 0.4) is 0 Å². The van der Waals surface area contributed by atoms with Crippen molar-refractivity contribution < 1.29 is 13.5 Å². The Labute approximate surface area is 243 Å². The highest BCUT2D eigenvalue weighted by Gasteiger charge is 2.33. The molecular formula is C28H34F2N8OSSi. The molecule has 0 spiro atoms. The Morgan fingerprint density at radius 1 is 1.24 bits per heavy atom. The minimum absolute atomic E-state index is 0.0335. The molecule has 1 aliphatic heterocycles.